The van der Waals surface area contributed by atoms with Crippen LogP contribution in [0.25, 0.3) is 154 Å². The summed E-state index contributed by atoms with van der Waals surface area (Å²) in [6.45, 7) is -0.306. The maximum atomic E-state index is 7.89. The molecular weight excluding hydrogens is 1270 g/mol. The maximum absolute atomic E-state index is 7.89. The molecule has 4 aromatic heterocycles. The van der Waals surface area contributed by atoms with Crippen LogP contribution in [0.5, 0.6) is 23.0 Å². The maximum Gasteiger partial charge on any atom is 0.256 e. The molecule has 0 fully saturated rings. The van der Waals surface area contributed by atoms with Crippen molar-refractivity contribution >= 4 is 133 Å². The summed E-state index contributed by atoms with van der Waals surface area (Å²) in [5, 5.41) is 9.81. The molecule has 20 aromatic rings. The average Bonchev–Trinajstić information content (AvgIpc) is 1.52. The van der Waals surface area contributed by atoms with Gasteiger partial charge in [-0.1, -0.05) is 243 Å². The topological polar surface area (TPSA) is 38.2 Å². The number of fused-ring (bicyclic) bond motifs is 30. The normalized spacial score (nSPS) is 13.9. The fourth-order valence-electron chi connectivity index (χ4n) is 20.8. The first-order chi connectivity index (χ1) is 52.1. The van der Waals surface area contributed by atoms with Crippen LogP contribution in [0.3, 0.4) is 0 Å². The fraction of sp³-hybridized carbons (Fsp3) is 0.0103. The molecule has 16 aromatic carbocycles. The average molecular weight is 1330 g/mol. The number of rotatable bonds is 4. The highest BCUT2D eigenvalue weighted by atomic mass is 16.5. The van der Waals surface area contributed by atoms with Crippen LogP contribution in [-0.2, 0) is 5.41 Å². The zero-order chi connectivity index (χ0) is 67.8. The second-order valence-electron chi connectivity index (χ2n) is 29.6. The van der Waals surface area contributed by atoms with Gasteiger partial charge >= 0.3 is 0 Å². The van der Waals surface area contributed by atoms with Crippen LogP contribution in [-0.4, -0.2) is 31.7 Å². The molecule has 0 amide bonds. The molecule has 0 saturated carbocycles. The predicted octanol–water partition coefficient (Wildman–Crippen LogP) is 19.6. The molecule has 0 bridgehead atoms. The molecular formula is C97H54B2N4O2. The molecule has 6 aliphatic rings. The van der Waals surface area contributed by atoms with Crippen molar-refractivity contribution in [3.63, 3.8) is 0 Å². The van der Waals surface area contributed by atoms with Gasteiger partial charge in [0.05, 0.1) is 49.9 Å². The lowest BCUT2D eigenvalue weighted by Crippen LogP contribution is -2.58. The van der Waals surface area contributed by atoms with E-state index in [1.165, 1.54) is 165 Å². The van der Waals surface area contributed by atoms with E-state index in [1.54, 1.807) is 0 Å². The Morgan fingerprint density at radius 1 is 0.229 bits per heavy atom. The molecule has 0 N–H and O–H groups in total. The molecule has 2 aliphatic carbocycles. The molecule has 0 unspecified atom stereocenters. The number of ether oxygens (including phenoxy) is 2. The Balaban J connectivity index is 0.719. The third-order valence-electron chi connectivity index (χ3n) is 24.8. The van der Waals surface area contributed by atoms with Crippen molar-refractivity contribution in [1.29, 1.82) is 0 Å². The summed E-state index contributed by atoms with van der Waals surface area (Å²) in [6, 6.07) is 123. The molecule has 480 valence electrons. The highest BCUT2D eigenvalue weighted by Gasteiger charge is 2.55. The summed E-state index contributed by atoms with van der Waals surface area (Å²) < 4.78 is 25.8. The molecule has 8 heterocycles. The van der Waals surface area contributed by atoms with Crippen LogP contribution in [0.1, 0.15) is 22.3 Å². The third-order valence-corrected chi connectivity index (χ3v) is 24.8. The molecule has 4 aliphatic heterocycles. The van der Waals surface area contributed by atoms with Gasteiger partial charge in [0.25, 0.3) is 13.4 Å². The molecule has 1 spiro atoms. The zero-order valence-electron chi connectivity index (χ0n) is 56.4. The van der Waals surface area contributed by atoms with Gasteiger partial charge in [-0.05, 0) is 172 Å². The molecule has 0 radical (unpaired) electrons. The van der Waals surface area contributed by atoms with Crippen molar-refractivity contribution in [2.45, 2.75) is 5.41 Å². The van der Waals surface area contributed by atoms with E-state index >= 15 is 0 Å². The monoisotopic (exact) mass is 1330 g/mol. The van der Waals surface area contributed by atoms with Crippen molar-refractivity contribution in [2.24, 2.45) is 0 Å². The van der Waals surface area contributed by atoms with Gasteiger partial charge < -0.3 is 27.7 Å². The summed E-state index contributed by atoms with van der Waals surface area (Å²) in [6.07, 6.45) is 0. The largest absolute Gasteiger partial charge is 0.458 e. The van der Waals surface area contributed by atoms with Gasteiger partial charge in [0.2, 0.25) is 0 Å². The molecule has 8 heteroatoms. The summed E-state index contributed by atoms with van der Waals surface area (Å²) >= 11 is 0. The minimum Gasteiger partial charge on any atom is -0.458 e. The van der Waals surface area contributed by atoms with Crippen molar-refractivity contribution in [3.8, 4) is 90.3 Å². The van der Waals surface area contributed by atoms with Crippen LogP contribution in [0, 0.1) is 0 Å². The van der Waals surface area contributed by atoms with Crippen molar-refractivity contribution in [3.05, 3.63) is 350 Å². The molecule has 6 nitrogen and oxygen atoms in total. The van der Waals surface area contributed by atoms with Gasteiger partial charge in [0.15, 0.2) is 0 Å². The Labute approximate surface area is 602 Å². The summed E-state index contributed by atoms with van der Waals surface area (Å²) in [5.74, 6) is 3.47. The number of aromatic nitrogens is 4. The molecule has 105 heavy (non-hydrogen) atoms. The number of nitrogens with zero attached hydrogens (tertiary/aromatic N) is 4. The lowest BCUT2D eigenvalue weighted by Gasteiger charge is -2.36. The van der Waals surface area contributed by atoms with E-state index in [2.05, 4.69) is 346 Å². The molecule has 0 atom stereocenters. The Hall–Kier alpha value is -13.6. The van der Waals surface area contributed by atoms with E-state index in [1.807, 2.05) is 0 Å². The first-order valence-electron chi connectivity index (χ1n) is 36.6. The van der Waals surface area contributed by atoms with Gasteiger partial charge in [-0.3, -0.25) is 0 Å². The predicted molar refractivity (Wildman–Crippen MR) is 433 cm³/mol. The highest BCUT2D eigenvalue weighted by Crippen LogP contribution is 2.64. The van der Waals surface area contributed by atoms with Crippen LogP contribution >= 0.6 is 0 Å². The van der Waals surface area contributed by atoms with E-state index in [0.717, 1.165) is 67.8 Å². The Morgan fingerprint density at radius 2 is 0.600 bits per heavy atom. The third kappa shape index (κ3) is 6.81. The minimum atomic E-state index is -0.758. The van der Waals surface area contributed by atoms with E-state index in [4.69, 9.17) is 9.47 Å². The van der Waals surface area contributed by atoms with Gasteiger partial charge in [-0.2, -0.15) is 0 Å². The van der Waals surface area contributed by atoms with Crippen LogP contribution < -0.4 is 42.3 Å². The number of benzene rings is 16. The first kappa shape index (κ1) is 55.2. The number of para-hydroxylation sites is 6. The Kier molecular flexibility index (Phi) is 10.3. The SMILES string of the molecule is c1ccc(-c2ccc3c(c2)c2cccc4c2n3-c2cc(-n3c5ccccc5c5ccccc53)cc3c2B4c2cc4c(cc2O3)C2(c3ccccc3-4)c3ccccc3-c3cc4c(cc32)Oc2cc(-n3c5ccccc5c5ccccc53)cc3c2B4c2cccc4c5cc(-c6ccccc6)ccc5n-3c24)cc1. The van der Waals surface area contributed by atoms with Crippen molar-refractivity contribution in [2.75, 3.05) is 0 Å². The smallest absolute Gasteiger partial charge is 0.256 e. The van der Waals surface area contributed by atoms with Gasteiger partial charge in [0, 0.05) is 77.6 Å². The van der Waals surface area contributed by atoms with Crippen molar-refractivity contribution in [1.82, 2.24) is 18.3 Å². The highest BCUT2D eigenvalue weighted by molar-refractivity contribution is 7.00. The molecule has 0 saturated heterocycles. The zero-order valence-corrected chi connectivity index (χ0v) is 56.4. The fourth-order valence-corrected chi connectivity index (χ4v) is 20.8. The van der Waals surface area contributed by atoms with E-state index in [-0.39, 0.29) is 13.4 Å². The van der Waals surface area contributed by atoms with E-state index < -0.39 is 5.41 Å². The second kappa shape index (κ2) is 19.5. The summed E-state index contributed by atoms with van der Waals surface area (Å²) in [7, 11) is 0. The molecule has 26 rings (SSSR count). The first-order valence-corrected chi connectivity index (χ1v) is 36.6. The van der Waals surface area contributed by atoms with Gasteiger partial charge in [0.1, 0.15) is 23.0 Å². The van der Waals surface area contributed by atoms with E-state index in [9.17, 15) is 0 Å². The van der Waals surface area contributed by atoms with Crippen LogP contribution in [0.15, 0.2) is 328 Å². The summed E-state index contributed by atoms with van der Waals surface area (Å²) in [5.41, 5.74) is 34.9. The number of hydrogen-bond donors (Lipinski definition) is 0. The minimum absolute atomic E-state index is 0.153. The van der Waals surface area contributed by atoms with Crippen LogP contribution in [0.2, 0.25) is 0 Å². The standard InChI is InChI=1S/C97H54B2N4O2/c1-3-21-55(22-4-1)57-41-43-85-71(45-57)67-31-19-35-77-95(67)102(85)87-47-59(100-81-37-15-9-27-63(81)64-28-10-16-38-82(64)100)49-91-93(87)98(77)79-51-69-61-25-7-13-33-73(61)97(75(69)53-89(79)104-91)74-34-14-8-26-62(74)70-52-80-90(54-76(70)97)105-92-50-60(101-83-39-17-11-29-65(83)66-30-12-18-40-84(66)101)48-88-94(92)99(80)78-36-20-32-68-72-46-58(56-23-5-2-6-24-56)42-44-86(72)103(88)96(68)78/h1-54H. The Morgan fingerprint density at radius 3 is 1.03 bits per heavy atom. The van der Waals surface area contributed by atoms with Gasteiger partial charge in [-0.15, -0.1) is 0 Å². The quantitative estimate of drug-likeness (QED) is 0.165. The van der Waals surface area contributed by atoms with Crippen molar-refractivity contribution < 1.29 is 9.47 Å². The van der Waals surface area contributed by atoms with Gasteiger partial charge in [-0.25, -0.2) is 0 Å². The van der Waals surface area contributed by atoms with E-state index in [0.29, 0.717) is 0 Å². The summed E-state index contributed by atoms with van der Waals surface area (Å²) in [4.78, 5) is 0. The lowest BCUT2D eigenvalue weighted by molar-refractivity contribution is 0.484. The Bertz CT molecular complexity index is 6890. The number of hydrogen-bond acceptors (Lipinski definition) is 2. The second-order valence-corrected chi connectivity index (χ2v) is 29.6. The van der Waals surface area contributed by atoms with Crippen LogP contribution in [0.4, 0.5) is 0 Å². The lowest BCUT2D eigenvalue weighted by atomic mass is 9.34.